The Morgan fingerprint density at radius 2 is 2.24 bits per heavy atom. The molecular formula is C8H14N6O3. The summed E-state index contributed by atoms with van der Waals surface area (Å²) >= 11 is 0. The fourth-order valence-electron chi connectivity index (χ4n) is 1.26. The van der Waals surface area contributed by atoms with Crippen molar-refractivity contribution in [1.82, 2.24) is 9.97 Å². The Morgan fingerprint density at radius 3 is 2.76 bits per heavy atom. The molecule has 0 fully saturated rings. The van der Waals surface area contributed by atoms with Crippen LogP contribution in [0.25, 0.3) is 0 Å². The lowest BCUT2D eigenvalue weighted by atomic mass is 10.3. The number of aliphatic hydroxyl groups excluding tert-OH is 1. The SMILES string of the molecule is Cc1nc(NN)nc(NCCCO)c1[N+](=O)[O-]. The molecule has 0 aromatic carbocycles. The first-order valence-corrected chi connectivity index (χ1v) is 4.94. The van der Waals surface area contributed by atoms with Crippen molar-refractivity contribution < 1.29 is 10.0 Å². The maximum Gasteiger partial charge on any atom is 0.332 e. The highest BCUT2D eigenvalue weighted by atomic mass is 16.6. The van der Waals surface area contributed by atoms with Crippen molar-refractivity contribution >= 4 is 17.5 Å². The van der Waals surface area contributed by atoms with E-state index in [9.17, 15) is 10.1 Å². The average Bonchev–Trinajstić information content (AvgIpc) is 2.28. The highest BCUT2D eigenvalue weighted by Gasteiger charge is 2.21. The van der Waals surface area contributed by atoms with Crippen LogP contribution in [0.4, 0.5) is 17.5 Å². The van der Waals surface area contributed by atoms with Crippen LogP contribution in [-0.4, -0.2) is 33.1 Å². The maximum absolute atomic E-state index is 10.9. The molecule has 0 bridgehead atoms. The summed E-state index contributed by atoms with van der Waals surface area (Å²) < 4.78 is 0. The van der Waals surface area contributed by atoms with E-state index in [2.05, 4.69) is 20.7 Å². The number of nitro groups is 1. The Labute approximate surface area is 97.2 Å². The Bertz CT molecular complexity index is 410. The molecule has 17 heavy (non-hydrogen) atoms. The number of hydrogen-bond donors (Lipinski definition) is 4. The van der Waals surface area contributed by atoms with Crippen LogP contribution in [0.15, 0.2) is 0 Å². The van der Waals surface area contributed by atoms with Gasteiger partial charge in [-0.3, -0.25) is 15.5 Å². The first-order chi connectivity index (χ1) is 8.10. The number of nitrogens with two attached hydrogens (primary N) is 1. The molecule has 0 spiro atoms. The standard InChI is InChI=1S/C8H14N6O3/c1-5-6(14(16)17)7(10-3-2-4-15)12-8(11-5)13-9/h15H,2-4,9H2,1H3,(H2,10,11,12,13). The molecule has 0 atom stereocenters. The number of nitrogen functional groups attached to an aromatic ring is 1. The van der Waals surface area contributed by atoms with Crippen molar-refractivity contribution in [3.8, 4) is 0 Å². The lowest BCUT2D eigenvalue weighted by molar-refractivity contribution is -0.385. The predicted octanol–water partition coefficient (Wildman–Crippen LogP) is -0.227. The molecule has 1 aromatic rings. The van der Waals surface area contributed by atoms with E-state index in [4.69, 9.17) is 10.9 Å². The first-order valence-electron chi connectivity index (χ1n) is 4.94. The number of aromatic nitrogens is 2. The Balaban J connectivity index is 3.04. The van der Waals surface area contributed by atoms with Gasteiger partial charge in [-0.2, -0.15) is 4.98 Å². The van der Waals surface area contributed by atoms with Crippen molar-refractivity contribution in [3.05, 3.63) is 15.8 Å². The predicted molar refractivity (Wildman–Crippen MR) is 61.4 cm³/mol. The molecule has 0 aliphatic rings. The quantitative estimate of drug-likeness (QED) is 0.232. The molecule has 94 valence electrons. The Kier molecular flexibility index (Phi) is 4.55. The van der Waals surface area contributed by atoms with Gasteiger partial charge in [0.1, 0.15) is 5.69 Å². The highest BCUT2D eigenvalue weighted by molar-refractivity contribution is 5.60. The van der Waals surface area contributed by atoms with Crippen LogP contribution in [0, 0.1) is 17.0 Å². The van der Waals surface area contributed by atoms with Gasteiger partial charge in [-0.15, -0.1) is 0 Å². The van der Waals surface area contributed by atoms with Crippen LogP contribution in [0.3, 0.4) is 0 Å². The second-order valence-electron chi connectivity index (χ2n) is 3.24. The third-order valence-corrected chi connectivity index (χ3v) is 2.00. The van der Waals surface area contributed by atoms with E-state index >= 15 is 0 Å². The van der Waals surface area contributed by atoms with Gasteiger partial charge in [-0.1, -0.05) is 0 Å². The van der Waals surface area contributed by atoms with Gasteiger partial charge < -0.3 is 10.4 Å². The second-order valence-corrected chi connectivity index (χ2v) is 3.24. The van der Waals surface area contributed by atoms with E-state index < -0.39 is 4.92 Å². The molecule has 1 rings (SSSR count). The molecule has 0 aliphatic carbocycles. The van der Waals surface area contributed by atoms with Crippen LogP contribution in [0.5, 0.6) is 0 Å². The number of nitrogens with zero attached hydrogens (tertiary/aromatic N) is 3. The number of aliphatic hydroxyl groups is 1. The smallest absolute Gasteiger partial charge is 0.332 e. The molecule has 1 aromatic heterocycles. The molecule has 0 unspecified atom stereocenters. The van der Waals surface area contributed by atoms with Gasteiger partial charge in [-0.05, 0) is 13.3 Å². The number of anilines is 2. The molecule has 0 radical (unpaired) electrons. The van der Waals surface area contributed by atoms with E-state index in [1.54, 1.807) is 0 Å². The fourth-order valence-corrected chi connectivity index (χ4v) is 1.26. The van der Waals surface area contributed by atoms with Gasteiger partial charge in [-0.25, -0.2) is 10.8 Å². The van der Waals surface area contributed by atoms with Crippen LogP contribution in [0.2, 0.25) is 0 Å². The van der Waals surface area contributed by atoms with Crippen molar-refractivity contribution in [1.29, 1.82) is 0 Å². The van der Waals surface area contributed by atoms with Gasteiger partial charge in [0.2, 0.25) is 11.8 Å². The second kappa shape index (κ2) is 5.92. The number of rotatable bonds is 6. The van der Waals surface area contributed by atoms with Gasteiger partial charge >= 0.3 is 5.69 Å². The van der Waals surface area contributed by atoms with Crippen molar-refractivity contribution in [2.75, 3.05) is 23.9 Å². The van der Waals surface area contributed by atoms with Gasteiger partial charge in [0.25, 0.3) is 0 Å². The molecular weight excluding hydrogens is 228 g/mol. The van der Waals surface area contributed by atoms with E-state index in [1.165, 1.54) is 6.92 Å². The minimum atomic E-state index is -0.559. The number of aryl methyl sites for hydroxylation is 1. The van der Waals surface area contributed by atoms with E-state index in [-0.39, 0.29) is 29.8 Å². The summed E-state index contributed by atoms with van der Waals surface area (Å²) in [5.41, 5.74) is 2.25. The maximum atomic E-state index is 10.9. The molecule has 0 saturated carbocycles. The molecule has 9 heteroatoms. The van der Waals surface area contributed by atoms with Crippen LogP contribution in [-0.2, 0) is 0 Å². The zero-order valence-electron chi connectivity index (χ0n) is 9.30. The number of hydrazine groups is 1. The van der Waals surface area contributed by atoms with Crippen molar-refractivity contribution in [2.45, 2.75) is 13.3 Å². The fraction of sp³-hybridized carbons (Fsp3) is 0.500. The van der Waals surface area contributed by atoms with E-state index in [0.29, 0.717) is 13.0 Å². The summed E-state index contributed by atoms with van der Waals surface area (Å²) in [5, 5.41) is 22.3. The monoisotopic (exact) mass is 242 g/mol. The summed E-state index contributed by atoms with van der Waals surface area (Å²) in [7, 11) is 0. The lowest BCUT2D eigenvalue weighted by Crippen LogP contribution is -2.15. The number of nitrogens with one attached hydrogen (secondary N) is 2. The van der Waals surface area contributed by atoms with Gasteiger partial charge in [0.05, 0.1) is 4.92 Å². The third-order valence-electron chi connectivity index (χ3n) is 2.00. The largest absolute Gasteiger partial charge is 0.396 e. The topological polar surface area (TPSA) is 139 Å². The molecule has 9 nitrogen and oxygen atoms in total. The number of hydrogen-bond acceptors (Lipinski definition) is 8. The van der Waals surface area contributed by atoms with Gasteiger partial charge in [0.15, 0.2) is 0 Å². The minimum absolute atomic E-state index is 0.00708. The molecule has 0 saturated heterocycles. The molecule has 0 amide bonds. The van der Waals surface area contributed by atoms with Crippen molar-refractivity contribution in [2.24, 2.45) is 5.84 Å². The highest BCUT2D eigenvalue weighted by Crippen LogP contribution is 2.25. The van der Waals surface area contributed by atoms with Crippen LogP contribution >= 0.6 is 0 Å². The lowest BCUT2D eigenvalue weighted by Gasteiger charge is -2.08. The zero-order chi connectivity index (χ0) is 12.8. The van der Waals surface area contributed by atoms with Gasteiger partial charge in [0, 0.05) is 13.2 Å². The van der Waals surface area contributed by atoms with E-state index in [1.807, 2.05) is 0 Å². The zero-order valence-corrected chi connectivity index (χ0v) is 9.30. The average molecular weight is 242 g/mol. The van der Waals surface area contributed by atoms with Crippen molar-refractivity contribution in [3.63, 3.8) is 0 Å². The summed E-state index contributed by atoms with van der Waals surface area (Å²) in [6, 6.07) is 0. The Hall–Kier alpha value is -2.00. The van der Waals surface area contributed by atoms with E-state index in [0.717, 1.165) is 0 Å². The summed E-state index contributed by atoms with van der Waals surface area (Å²) in [6.07, 6.45) is 0.464. The molecule has 0 aliphatic heterocycles. The van der Waals surface area contributed by atoms with Crippen LogP contribution < -0.4 is 16.6 Å². The summed E-state index contributed by atoms with van der Waals surface area (Å²) in [5.74, 6) is 5.34. The minimum Gasteiger partial charge on any atom is -0.396 e. The molecule has 1 heterocycles. The third kappa shape index (κ3) is 3.23. The normalized spacial score (nSPS) is 10.1. The first kappa shape index (κ1) is 13.1. The Morgan fingerprint density at radius 1 is 1.53 bits per heavy atom. The molecule has 5 N–H and O–H groups in total. The summed E-state index contributed by atoms with van der Waals surface area (Å²) in [6.45, 7) is 1.86. The van der Waals surface area contributed by atoms with Crippen LogP contribution in [0.1, 0.15) is 12.1 Å². The summed E-state index contributed by atoms with van der Waals surface area (Å²) in [4.78, 5) is 18.0.